The number of benzene rings is 1. The molecule has 14 heavy (non-hydrogen) atoms. The van der Waals surface area contributed by atoms with Crippen LogP contribution in [0.15, 0.2) is 18.2 Å². The second-order valence-corrected chi connectivity index (χ2v) is 2.98. The van der Waals surface area contributed by atoms with Crippen molar-refractivity contribution in [2.75, 3.05) is 25.6 Å². The first kappa shape index (κ1) is 10.7. The number of methoxy groups -OCH3 is 1. The lowest BCUT2D eigenvalue weighted by Gasteiger charge is -2.06. The Morgan fingerprint density at radius 3 is 2.71 bits per heavy atom. The van der Waals surface area contributed by atoms with E-state index < -0.39 is 0 Å². The third-order valence-electron chi connectivity index (χ3n) is 1.83. The van der Waals surface area contributed by atoms with Crippen molar-refractivity contribution in [3.8, 4) is 11.5 Å². The van der Waals surface area contributed by atoms with E-state index in [1.54, 1.807) is 13.2 Å². The van der Waals surface area contributed by atoms with Crippen molar-refractivity contribution in [2.45, 2.75) is 6.42 Å². The zero-order valence-corrected chi connectivity index (χ0v) is 8.16. The molecule has 4 nitrogen and oxygen atoms in total. The predicted molar refractivity (Wildman–Crippen MR) is 54.8 cm³/mol. The Morgan fingerprint density at radius 2 is 2.07 bits per heavy atom. The molecule has 0 aliphatic carbocycles. The number of phenolic OH excluding ortho intramolecular Hbond substituents is 2. The van der Waals surface area contributed by atoms with Crippen LogP contribution in [0.3, 0.4) is 0 Å². The predicted octanol–water partition coefficient (Wildman–Crippen LogP) is 1.55. The summed E-state index contributed by atoms with van der Waals surface area (Å²) >= 11 is 0. The first-order valence-corrected chi connectivity index (χ1v) is 4.49. The van der Waals surface area contributed by atoms with E-state index in [-0.39, 0.29) is 11.5 Å². The average Bonchev–Trinajstić information content (AvgIpc) is 2.18. The van der Waals surface area contributed by atoms with E-state index in [9.17, 15) is 5.11 Å². The molecule has 4 heteroatoms. The first-order chi connectivity index (χ1) is 6.74. The van der Waals surface area contributed by atoms with Crippen LogP contribution >= 0.6 is 0 Å². The van der Waals surface area contributed by atoms with Crippen LogP contribution in [0, 0.1) is 0 Å². The Labute approximate surface area is 83.1 Å². The highest BCUT2D eigenvalue weighted by Crippen LogP contribution is 2.27. The molecule has 0 aliphatic heterocycles. The summed E-state index contributed by atoms with van der Waals surface area (Å²) in [4.78, 5) is 0. The van der Waals surface area contributed by atoms with Crippen LogP contribution in [0.25, 0.3) is 0 Å². The minimum absolute atomic E-state index is 0.104. The summed E-state index contributed by atoms with van der Waals surface area (Å²) in [6, 6.07) is 4.65. The van der Waals surface area contributed by atoms with Gasteiger partial charge in [-0.15, -0.1) is 0 Å². The van der Waals surface area contributed by atoms with Gasteiger partial charge in [0.1, 0.15) is 0 Å². The Balaban J connectivity index is 2.39. The molecule has 0 bridgehead atoms. The Kier molecular flexibility index (Phi) is 4.07. The summed E-state index contributed by atoms with van der Waals surface area (Å²) in [6.45, 7) is 1.48. The number of rotatable bonds is 5. The largest absolute Gasteiger partial charge is 0.504 e. The van der Waals surface area contributed by atoms with Crippen LogP contribution in [0.2, 0.25) is 0 Å². The lowest BCUT2D eigenvalue weighted by molar-refractivity contribution is 0.198. The van der Waals surface area contributed by atoms with Gasteiger partial charge < -0.3 is 20.3 Å². The van der Waals surface area contributed by atoms with Crippen LogP contribution in [0.5, 0.6) is 11.5 Å². The molecule has 0 fully saturated rings. The summed E-state index contributed by atoms with van der Waals surface area (Å²) in [7, 11) is 1.66. The molecule has 0 radical (unpaired) electrons. The van der Waals surface area contributed by atoms with Crippen molar-refractivity contribution in [1.82, 2.24) is 0 Å². The molecule has 1 rings (SSSR count). The monoisotopic (exact) mass is 197 g/mol. The summed E-state index contributed by atoms with van der Waals surface area (Å²) in [5.41, 5.74) is 0.788. The van der Waals surface area contributed by atoms with Gasteiger partial charge in [0.05, 0.1) is 0 Å². The van der Waals surface area contributed by atoms with Gasteiger partial charge in [0.15, 0.2) is 11.5 Å². The van der Waals surface area contributed by atoms with Gasteiger partial charge in [-0.05, 0) is 18.6 Å². The minimum atomic E-state index is -0.109. The van der Waals surface area contributed by atoms with E-state index in [0.29, 0.717) is 6.61 Å². The molecule has 0 unspecified atom stereocenters. The second-order valence-electron chi connectivity index (χ2n) is 2.98. The van der Waals surface area contributed by atoms with Crippen molar-refractivity contribution in [3.63, 3.8) is 0 Å². The number of phenols is 2. The normalized spacial score (nSPS) is 10.1. The lowest BCUT2D eigenvalue weighted by Crippen LogP contribution is -2.04. The first-order valence-electron chi connectivity index (χ1n) is 4.49. The highest BCUT2D eigenvalue weighted by molar-refractivity contribution is 5.53. The zero-order valence-electron chi connectivity index (χ0n) is 8.16. The highest BCUT2D eigenvalue weighted by atomic mass is 16.5. The molecule has 78 valence electrons. The number of nitrogens with one attached hydrogen (secondary N) is 1. The molecule has 0 spiro atoms. The summed E-state index contributed by atoms with van der Waals surface area (Å²) < 4.78 is 4.89. The van der Waals surface area contributed by atoms with Crippen LogP contribution in [0.4, 0.5) is 5.69 Å². The molecule has 1 aromatic rings. The van der Waals surface area contributed by atoms with Crippen molar-refractivity contribution in [1.29, 1.82) is 0 Å². The molecule has 3 N–H and O–H groups in total. The third kappa shape index (κ3) is 3.14. The summed E-state index contributed by atoms with van der Waals surface area (Å²) in [5, 5.41) is 21.3. The maximum atomic E-state index is 9.19. The molecule has 0 aromatic heterocycles. The average molecular weight is 197 g/mol. The Morgan fingerprint density at radius 1 is 1.29 bits per heavy atom. The van der Waals surface area contributed by atoms with E-state index in [0.717, 1.165) is 18.7 Å². The van der Waals surface area contributed by atoms with Gasteiger partial charge in [-0.3, -0.25) is 0 Å². The van der Waals surface area contributed by atoms with Crippen molar-refractivity contribution >= 4 is 5.69 Å². The molecule has 0 saturated carbocycles. The van der Waals surface area contributed by atoms with Gasteiger partial charge in [0.2, 0.25) is 0 Å². The van der Waals surface area contributed by atoms with Gasteiger partial charge in [0, 0.05) is 32.0 Å². The fourth-order valence-corrected chi connectivity index (χ4v) is 1.08. The molecule has 0 heterocycles. The highest BCUT2D eigenvalue weighted by Gasteiger charge is 1.99. The van der Waals surface area contributed by atoms with E-state index in [1.807, 2.05) is 0 Å². The molecule has 0 saturated heterocycles. The molecule has 0 aliphatic rings. The van der Waals surface area contributed by atoms with Crippen LogP contribution in [-0.2, 0) is 4.74 Å². The standard InChI is InChI=1S/C10H15NO3/c1-14-6-2-5-11-8-3-4-9(12)10(13)7-8/h3-4,7,11-13H,2,5-6H2,1H3. The maximum absolute atomic E-state index is 9.19. The Hall–Kier alpha value is -1.42. The van der Waals surface area contributed by atoms with Crippen molar-refractivity contribution in [3.05, 3.63) is 18.2 Å². The minimum Gasteiger partial charge on any atom is -0.504 e. The topological polar surface area (TPSA) is 61.7 Å². The zero-order chi connectivity index (χ0) is 10.4. The number of hydrogen-bond acceptors (Lipinski definition) is 4. The second kappa shape index (κ2) is 5.34. The summed E-state index contributed by atoms with van der Waals surface area (Å²) in [5.74, 6) is -0.214. The fraction of sp³-hybridized carbons (Fsp3) is 0.400. The van der Waals surface area contributed by atoms with E-state index in [4.69, 9.17) is 9.84 Å². The van der Waals surface area contributed by atoms with Gasteiger partial charge >= 0.3 is 0 Å². The van der Waals surface area contributed by atoms with Crippen LogP contribution in [-0.4, -0.2) is 30.5 Å². The molecule has 0 amide bonds. The summed E-state index contributed by atoms with van der Waals surface area (Å²) in [6.07, 6.45) is 0.901. The van der Waals surface area contributed by atoms with E-state index >= 15 is 0 Å². The lowest BCUT2D eigenvalue weighted by atomic mass is 10.2. The Bertz CT molecular complexity index is 289. The van der Waals surface area contributed by atoms with Gasteiger partial charge in [0.25, 0.3) is 0 Å². The van der Waals surface area contributed by atoms with Crippen LogP contribution < -0.4 is 5.32 Å². The number of hydrogen-bond donors (Lipinski definition) is 3. The number of aromatic hydroxyl groups is 2. The van der Waals surface area contributed by atoms with Gasteiger partial charge in [-0.25, -0.2) is 0 Å². The van der Waals surface area contributed by atoms with E-state index in [2.05, 4.69) is 5.32 Å². The third-order valence-corrected chi connectivity index (χ3v) is 1.83. The van der Waals surface area contributed by atoms with Crippen molar-refractivity contribution < 1.29 is 14.9 Å². The van der Waals surface area contributed by atoms with Crippen LogP contribution in [0.1, 0.15) is 6.42 Å². The van der Waals surface area contributed by atoms with Gasteiger partial charge in [-0.1, -0.05) is 0 Å². The molecular weight excluding hydrogens is 182 g/mol. The van der Waals surface area contributed by atoms with Gasteiger partial charge in [-0.2, -0.15) is 0 Å². The molecular formula is C10H15NO3. The molecule has 1 aromatic carbocycles. The SMILES string of the molecule is COCCCNc1ccc(O)c(O)c1. The molecule has 0 atom stereocenters. The quantitative estimate of drug-likeness (QED) is 0.380. The van der Waals surface area contributed by atoms with Crippen molar-refractivity contribution in [2.24, 2.45) is 0 Å². The van der Waals surface area contributed by atoms with E-state index in [1.165, 1.54) is 12.1 Å². The maximum Gasteiger partial charge on any atom is 0.159 e. The number of anilines is 1. The number of ether oxygens (including phenoxy) is 1. The fourth-order valence-electron chi connectivity index (χ4n) is 1.08. The smallest absolute Gasteiger partial charge is 0.159 e.